The second-order valence-corrected chi connectivity index (χ2v) is 4.83. The molecular weight excluding hydrogens is 186 g/mol. The zero-order valence-corrected chi connectivity index (χ0v) is 9.07. The molecule has 0 spiro atoms. The first-order valence-electron chi connectivity index (χ1n) is 5.77. The van der Waals surface area contributed by atoms with Crippen molar-refractivity contribution < 1.29 is 4.74 Å². The van der Waals surface area contributed by atoms with E-state index >= 15 is 0 Å². The van der Waals surface area contributed by atoms with E-state index < -0.39 is 0 Å². The largest absolute Gasteiger partial charge is 0.493 e. The minimum atomic E-state index is 0.333. The highest BCUT2D eigenvalue weighted by atomic mass is 16.5. The summed E-state index contributed by atoms with van der Waals surface area (Å²) in [4.78, 5) is 0. The molecule has 0 amide bonds. The summed E-state index contributed by atoms with van der Waals surface area (Å²) in [5.74, 6) is 2.48. The molecule has 2 nitrogen and oxygen atoms in total. The highest BCUT2D eigenvalue weighted by molar-refractivity contribution is 5.42. The molecule has 1 aliphatic heterocycles. The van der Waals surface area contributed by atoms with Crippen LogP contribution in [0.15, 0.2) is 18.2 Å². The van der Waals surface area contributed by atoms with E-state index in [9.17, 15) is 0 Å². The van der Waals surface area contributed by atoms with Crippen molar-refractivity contribution in [2.24, 2.45) is 11.7 Å². The van der Waals surface area contributed by atoms with Gasteiger partial charge in [-0.25, -0.2) is 0 Å². The van der Waals surface area contributed by atoms with Crippen LogP contribution in [0.25, 0.3) is 0 Å². The number of hydrogen-bond acceptors (Lipinski definition) is 2. The van der Waals surface area contributed by atoms with E-state index in [4.69, 9.17) is 10.5 Å². The van der Waals surface area contributed by atoms with E-state index in [1.165, 1.54) is 17.5 Å². The first kappa shape index (κ1) is 9.22. The summed E-state index contributed by atoms with van der Waals surface area (Å²) < 4.78 is 5.50. The molecule has 0 bridgehead atoms. The lowest BCUT2D eigenvalue weighted by Crippen LogP contribution is -2.17. The van der Waals surface area contributed by atoms with Crippen molar-refractivity contribution in [3.8, 4) is 5.75 Å². The molecule has 0 unspecified atom stereocenters. The SMILES string of the molecule is C[C@@H](N)[C@H]1C[C@@H]1c1ccc2c(c1)CCO2. The van der Waals surface area contributed by atoms with Crippen molar-refractivity contribution >= 4 is 0 Å². The molecule has 1 aromatic carbocycles. The van der Waals surface area contributed by atoms with Gasteiger partial charge < -0.3 is 10.5 Å². The van der Waals surface area contributed by atoms with E-state index in [2.05, 4.69) is 25.1 Å². The van der Waals surface area contributed by atoms with Crippen LogP contribution in [0.4, 0.5) is 0 Å². The van der Waals surface area contributed by atoms with Gasteiger partial charge in [0.05, 0.1) is 6.61 Å². The lowest BCUT2D eigenvalue weighted by atomic mass is 10.0. The Morgan fingerprint density at radius 3 is 3.07 bits per heavy atom. The molecule has 3 rings (SSSR count). The molecule has 1 aromatic rings. The van der Waals surface area contributed by atoms with Gasteiger partial charge in [-0.3, -0.25) is 0 Å². The summed E-state index contributed by atoms with van der Waals surface area (Å²) in [5.41, 5.74) is 8.75. The van der Waals surface area contributed by atoms with Crippen LogP contribution >= 0.6 is 0 Å². The Balaban J connectivity index is 1.83. The maximum Gasteiger partial charge on any atom is 0.122 e. The van der Waals surface area contributed by atoms with E-state index in [0.717, 1.165) is 18.8 Å². The molecule has 0 saturated heterocycles. The van der Waals surface area contributed by atoms with Crippen LogP contribution < -0.4 is 10.5 Å². The predicted molar refractivity (Wildman–Crippen MR) is 60.1 cm³/mol. The molecule has 15 heavy (non-hydrogen) atoms. The fourth-order valence-corrected chi connectivity index (χ4v) is 2.62. The van der Waals surface area contributed by atoms with Gasteiger partial charge in [0.2, 0.25) is 0 Å². The molecule has 1 saturated carbocycles. The molecule has 1 heterocycles. The number of rotatable bonds is 2. The fraction of sp³-hybridized carbons (Fsp3) is 0.538. The van der Waals surface area contributed by atoms with Gasteiger partial charge >= 0.3 is 0 Å². The van der Waals surface area contributed by atoms with Crippen molar-refractivity contribution in [1.29, 1.82) is 0 Å². The Labute approximate surface area is 90.4 Å². The minimum absolute atomic E-state index is 0.333. The summed E-state index contributed by atoms with van der Waals surface area (Å²) in [5, 5.41) is 0. The Morgan fingerprint density at radius 1 is 1.47 bits per heavy atom. The van der Waals surface area contributed by atoms with Gasteiger partial charge in [0.1, 0.15) is 5.75 Å². The van der Waals surface area contributed by atoms with Crippen molar-refractivity contribution in [2.75, 3.05) is 6.61 Å². The molecule has 2 aliphatic rings. The molecule has 3 atom stereocenters. The molecule has 2 heteroatoms. The van der Waals surface area contributed by atoms with Crippen LogP contribution in [0, 0.1) is 5.92 Å². The third-order valence-electron chi connectivity index (χ3n) is 3.66. The highest BCUT2D eigenvalue weighted by Gasteiger charge is 2.40. The van der Waals surface area contributed by atoms with Gasteiger partial charge in [0, 0.05) is 12.5 Å². The summed E-state index contributed by atoms with van der Waals surface area (Å²) in [6.45, 7) is 2.96. The summed E-state index contributed by atoms with van der Waals surface area (Å²) in [7, 11) is 0. The molecule has 80 valence electrons. The average Bonchev–Trinajstić information content (AvgIpc) is 2.89. The van der Waals surface area contributed by atoms with Crippen LogP contribution in [0.3, 0.4) is 0 Å². The van der Waals surface area contributed by atoms with Crippen LogP contribution in [-0.2, 0) is 6.42 Å². The maximum absolute atomic E-state index is 5.91. The molecular formula is C13H17NO. The van der Waals surface area contributed by atoms with Gasteiger partial charge in [0.15, 0.2) is 0 Å². The lowest BCUT2D eigenvalue weighted by molar-refractivity contribution is 0.357. The highest BCUT2D eigenvalue weighted by Crippen LogP contribution is 2.49. The number of hydrogen-bond donors (Lipinski definition) is 1. The maximum atomic E-state index is 5.91. The van der Waals surface area contributed by atoms with Gasteiger partial charge in [-0.05, 0) is 42.4 Å². The monoisotopic (exact) mass is 203 g/mol. The Morgan fingerprint density at radius 2 is 2.33 bits per heavy atom. The van der Waals surface area contributed by atoms with Crippen molar-refractivity contribution in [3.05, 3.63) is 29.3 Å². The minimum Gasteiger partial charge on any atom is -0.493 e. The van der Waals surface area contributed by atoms with E-state index in [1.54, 1.807) is 0 Å². The van der Waals surface area contributed by atoms with Crippen LogP contribution in [0.5, 0.6) is 5.75 Å². The van der Waals surface area contributed by atoms with Crippen molar-refractivity contribution in [2.45, 2.75) is 31.7 Å². The Kier molecular flexibility index (Phi) is 1.99. The van der Waals surface area contributed by atoms with Crippen molar-refractivity contribution in [3.63, 3.8) is 0 Å². The van der Waals surface area contributed by atoms with Gasteiger partial charge in [-0.15, -0.1) is 0 Å². The van der Waals surface area contributed by atoms with Gasteiger partial charge in [-0.2, -0.15) is 0 Å². The van der Waals surface area contributed by atoms with Gasteiger partial charge in [-0.1, -0.05) is 12.1 Å². The Hall–Kier alpha value is -1.02. The first-order chi connectivity index (χ1) is 7.25. The lowest BCUT2D eigenvalue weighted by Gasteiger charge is -2.05. The Bertz CT molecular complexity index is 386. The summed E-state index contributed by atoms with van der Waals surface area (Å²) in [6, 6.07) is 6.97. The van der Waals surface area contributed by atoms with Gasteiger partial charge in [0.25, 0.3) is 0 Å². The zero-order valence-electron chi connectivity index (χ0n) is 9.07. The fourth-order valence-electron chi connectivity index (χ4n) is 2.62. The molecule has 0 radical (unpaired) electrons. The zero-order chi connectivity index (χ0) is 10.4. The summed E-state index contributed by atoms with van der Waals surface area (Å²) >= 11 is 0. The third kappa shape index (κ3) is 1.53. The molecule has 2 N–H and O–H groups in total. The third-order valence-corrected chi connectivity index (χ3v) is 3.66. The second-order valence-electron chi connectivity index (χ2n) is 4.83. The second kappa shape index (κ2) is 3.24. The van der Waals surface area contributed by atoms with E-state index in [-0.39, 0.29) is 0 Å². The normalized spacial score (nSPS) is 29.5. The average molecular weight is 203 g/mol. The van der Waals surface area contributed by atoms with Crippen LogP contribution in [0.2, 0.25) is 0 Å². The number of fused-ring (bicyclic) bond motifs is 1. The van der Waals surface area contributed by atoms with E-state index in [1.807, 2.05) is 0 Å². The quantitative estimate of drug-likeness (QED) is 0.798. The molecule has 1 aliphatic carbocycles. The van der Waals surface area contributed by atoms with Crippen molar-refractivity contribution in [1.82, 2.24) is 0 Å². The number of ether oxygens (including phenoxy) is 1. The van der Waals surface area contributed by atoms with Crippen LogP contribution in [-0.4, -0.2) is 12.6 Å². The molecule has 0 aromatic heterocycles. The van der Waals surface area contributed by atoms with Crippen LogP contribution in [0.1, 0.15) is 30.4 Å². The van der Waals surface area contributed by atoms with E-state index in [0.29, 0.717) is 17.9 Å². The molecule has 1 fully saturated rings. The topological polar surface area (TPSA) is 35.2 Å². The smallest absolute Gasteiger partial charge is 0.122 e. The predicted octanol–water partition coefficient (Wildman–Crippen LogP) is 2.07. The number of nitrogens with two attached hydrogens (primary N) is 1. The standard InChI is InChI=1S/C13H17NO/c1-8(14)11-7-12(11)9-2-3-13-10(6-9)4-5-15-13/h2-3,6,8,11-12H,4-5,7,14H2,1H3/t8-,11-,12-/m1/s1. The number of benzene rings is 1. The summed E-state index contributed by atoms with van der Waals surface area (Å²) in [6.07, 6.45) is 2.33. The first-order valence-corrected chi connectivity index (χ1v) is 5.77.